The molecule has 2 aromatic carbocycles. The van der Waals surface area contributed by atoms with E-state index in [1.165, 1.54) is 30.4 Å². The van der Waals surface area contributed by atoms with Crippen molar-refractivity contribution in [2.45, 2.75) is 58.2 Å². The van der Waals surface area contributed by atoms with E-state index >= 15 is 4.39 Å². The number of halogens is 4. The van der Waals surface area contributed by atoms with Crippen LogP contribution in [0.1, 0.15) is 67.4 Å². The number of amides is 1. The number of alkyl halides is 3. The number of rotatable bonds is 8. The maximum absolute atomic E-state index is 15.4. The summed E-state index contributed by atoms with van der Waals surface area (Å²) < 4.78 is 71.7. The van der Waals surface area contributed by atoms with Crippen LogP contribution in [-0.2, 0) is 20.4 Å². The Balaban J connectivity index is 2.08. The molecule has 1 aliphatic carbocycles. The zero-order valence-electron chi connectivity index (χ0n) is 21.7. The number of hydrogen-bond acceptors (Lipinski definition) is 5. The summed E-state index contributed by atoms with van der Waals surface area (Å²) in [6, 6.07) is 4.71. The van der Waals surface area contributed by atoms with E-state index in [4.69, 9.17) is 14.2 Å². The molecule has 1 aliphatic rings. The van der Waals surface area contributed by atoms with Crippen LogP contribution in [-0.4, -0.2) is 32.1 Å². The largest absolute Gasteiger partial charge is 0.504 e. The molecule has 0 radical (unpaired) electrons. The molecular formula is C28H31F4NO5. The predicted octanol–water partition coefficient (Wildman–Crippen LogP) is 7.36. The van der Waals surface area contributed by atoms with Crippen LogP contribution in [0.2, 0.25) is 0 Å². The molecule has 1 fully saturated rings. The normalized spacial score (nSPS) is 14.6. The van der Waals surface area contributed by atoms with Gasteiger partial charge in [-0.3, -0.25) is 4.79 Å². The fourth-order valence-corrected chi connectivity index (χ4v) is 4.52. The Kier molecular flexibility index (Phi) is 9.40. The SMILES string of the molecule is CO/C=C/c1ccc(Oc2cc(C(=O)OC)c(N(C(=O)C3CCCCC3)C(C)C)cc2F)c(C(F)(F)F)c1. The number of anilines is 1. The average Bonchev–Trinajstić information content (AvgIpc) is 2.88. The Morgan fingerprint density at radius 2 is 1.71 bits per heavy atom. The van der Waals surface area contributed by atoms with Crippen molar-refractivity contribution in [2.75, 3.05) is 19.1 Å². The standard InChI is InChI=1S/C28H31F4NO5/c1-17(2)33(26(34)19-8-6-5-7-9-19)23-16-22(29)25(15-20(23)27(35)37-4)38-24-11-10-18(12-13-36-3)14-21(24)28(30,31)32/h10-17,19H,5-9H2,1-4H3/b13-12+. The van der Waals surface area contributed by atoms with E-state index in [9.17, 15) is 22.8 Å². The lowest BCUT2D eigenvalue weighted by Gasteiger charge is -2.33. The van der Waals surface area contributed by atoms with Crippen molar-refractivity contribution in [3.05, 3.63) is 59.1 Å². The van der Waals surface area contributed by atoms with Crippen LogP contribution in [0.3, 0.4) is 0 Å². The molecule has 1 amide bonds. The van der Waals surface area contributed by atoms with Crippen molar-refractivity contribution >= 4 is 23.6 Å². The fraction of sp³-hybridized carbons (Fsp3) is 0.429. The van der Waals surface area contributed by atoms with Crippen LogP contribution in [0.15, 0.2) is 36.6 Å². The highest BCUT2D eigenvalue weighted by Gasteiger charge is 2.36. The van der Waals surface area contributed by atoms with E-state index in [2.05, 4.69) is 0 Å². The monoisotopic (exact) mass is 537 g/mol. The first-order valence-corrected chi connectivity index (χ1v) is 12.3. The molecule has 10 heteroatoms. The molecule has 1 saturated carbocycles. The molecule has 0 unspecified atom stereocenters. The Morgan fingerprint density at radius 1 is 1.03 bits per heavy atom. The van der Waals surface area contributed by atoms with Gasteiger partial charge in [0, 0.05) is 24.1 Å². The van der Waals surface area contributed by atoms with Crippen LogP contribution in [0, 0.1) is 11.7 Å². The molecule has 3 rings (SSSR count). The fourth-order valence-electron chi connectivity index (χ4n) is 4.52. The summed E-state index contributed by atoms with van der Waals surface area (Å²) in [4.78, 5) is 27.5. The van der Waals surface area contributed by atoms with Gasteiger partial charge in [0.1, 0.15) is 5.75 Å². The molecule has 0 saturated heterocycles. The summed E-state index contributed by atoms with van der Waals surface area (Å²) in [7, 11) is 2.47. The van der Waals surface area contributed by atoms with E-state index in [1.807, 2.05) is 0 Å². The van der Waals surface area contributed by atoms with E-state index in [0.717, 1.165) is 50.6 Å². The van der Waals surface area contributed by atoms with Gasteiger partial charge in [-0.15, -0.1) is 0 Å². The third kappa shape index (κ3) is 6.65. The van der Waals surface area contributed by atoms with Crippen LogP contribution in [0.25, 0.3) is 6.08 Å². The first-order chi connectivity index (χ1) is 18.0. The molecule has 2 aromatic rings. The molecule has 6 nitrogen and oxygen atoms in total. The quantitative estimate of drug-likeness (QED) is 0.200. The van der Waals surface area contributed by atoms with Crippen molar-refractivity contribution in [3.63, 3.8) is 0 Å². The minimum Gasteiger partial charge on any atom is -0.504 e. The van der Waals surface area contributed by atoms with Gasteiger partial charge < -0.3 is 19.1 Å². The molecule has 0 atom stereocenters. The average molecular weight is 538 g/mol. The molecule has 0 heterocycles. The summed E-state index contributed by atoms with van der Waals surface area (Å²) in [6.07, 6.45) is 1.94. The van der Waals surface area contributed by atoms with Gasteiger partial charge in [-0.2, -0.15) is 13.2 Å². The van der Waals surface area contributed by atoms with Crippen LogP contribution in [0.5, 0.6) is 11.5 Å². The molecule has 206 valence electrons. The second-order valence-corrected chi connectivity index (χ2v) is 9.32. The second-order valence-electron chi connectivity index (χ2n) is 9.32. The molecule has 0 aromatic heterocycles. The van der Waals surface area contributed by atoms with Crippen LogP contribution in [0.4, 0.5) is 23.2 Å². The van der Waals surface area contributed by atoms with E-state index in [0.29, 0.717) is 12.8 Å². The van der Waals surface area contributed by atoms with Gasteiger partial charge in [-0.25, -0.2) is 9.18 Å². The first kappa shape index (κ1) is 29.0. The van der Waals surface area contributed by atoms with Crippen molar-refractivity contribution < 1.29 is 41.4 Å². The number of esters is 1. The molecular weight excluding hydrogens is 506 g/mol. The number of carbonyl (C=O) groups excluding carboxylic acids is 2. The van der Waals surface area contributed by atoms with Crippen molar-refractivity contribution in [2.24, 2.45) is 5.92 Å². The summed E-state index contributed by atoms with van der Waals surface area (Å²) in [6.45, 7) is 3.47. The number of nitrogens with zero attached hydrogens (tertiary/aromatic N) is 1. The number of methoxy groups -OCH3 is 2. The van der Waals surface area contributed by atoms with Gasteiger partial charge in [0.2, 0.25) is 5.91 Å². The van der Waals surface area contributed by atoms with Gasteiger partial charge in [0.15, 0.2) is 11.6 Å². The summed E-state index contributed by atoms with van der Waals surface area (Å²) >= 11 is 0. The Labute approximate surface area is 219 Å². The van der Waals surface area contributed by atoms with Gasteiger partial charge in [-0.1, -0.05) is 25.3 Å². The highest BCUT2D eigenvalue weighted by molar-refractivity contribution is 6.04. The maximum atomic E-state index is 15.4. The molecule has 38 heavy (non-hydrogen) atoms. The van der Waals surface area contributed by atoms with Crippen LogP contribution >= 0.6 is 0 Å². The number of hydrogen-bond donors (Lipinski definition) is 0. The van der Waals surface area contributed by atoms with Crippen molar-refractivity contribution in [1.29, 1.82) is 0 Å². The molecule has 0 bridgehead atoms. The van der Waals surface area contributed by atoms with Gasteiger partial charge in [0.05, 0.1) is 37.3 Å². The second kappa shape index (κ2) is 12.3. The predicted molar refractivity (Wildman–Crippen MR) is 134 cm³/mol. The highest BCUT2D eigenvalue weighted by Crippen LogP contribution is 2.41. The summed E-state index contributed by atoms with van der Waals surface area (Å²) in [5.41, 5.74) is -1.18. The molecule has 0 aliphatic heterocycles. The lowest BCUT2D eigenvalue weighted by molar-refractivity contribution is -0.138. The minimum atomic E-state index is -4.81. The molecule has 0 spiro atoms. The number of benzene rings is 2. The Hall–Kier alpha value is -3.56. The topological polar surface area (TPSA) is 65.1 Å². The Morgan fingerprint density at radius 3 is 2.29 bits per heavy atom. The minimum absolute atomic E-state index is 0.0247. The third-order valence-electron chi connectivity index (χ3n) is 6.35. The van der Waals surface area contributed by atoms with Gasteiger partial charge in [-0.05, 0) is 50.5 Å². The third-order valence-corrected chi connectivity index (χ3v) is 6.35. The smallest absolute Gasteiger partial charge is 0.420 e. The van der Waals surface area contributed by atoms with E-state index in [1.54, 1.807) is 13.8 Å². The summed E-state index contributed by atoms with van der Waals surface area (Å²) in [5.74, 6) is -3.70. The first-order valence-electron chi connectivity index (χ1n) is 12.3. The van der Waals surface area contributed by atoms with Crippen molar-refractivity contribution in [1.82, 2.24) is 0 Å². The molecule has 0 N–H and O–H groups in total. The Bertz CT molecular complexity index is 1190. The number of ether oxygens (including phenoxy) is 3. The number of carbonyl (C=O) groups is 2. The van der Waals surface area contributed by atoms with E-state index < -0.39 is 41.1 Å². The highest BCUT2D eigenvalue weighted by atomic mass is 19.4. The van der Waals surface area contributed by atoms with Crippen LogP contribution < -0.4 is 9.64 Å². The van der Waals surface area contributed by atoms with Gasteiger partial charge in [0.25, 0.3) is 0 Å². The lowest BCUT2D eigenvalue weighted by atomic mass is 9.87. The zero-order valence-corrected chi connectivity index (χ0v) is 21.7. The lowest BCUT2D eigenvalue weighted by Crippen LogP contribution is -2.42. The summed E-state index contributed by atoms with van der Waals surface area (Å²) in [5, 5.41) is 0. The van der Waals surface area contributed by atoms with Crippen molar-refractivity contribution in [3.8, 4) is 11.5 Å². The maximum Gasteiger partial charge on any atom is 0.420 e. The van der Waals surface area contributed by atoms with E-state index in [-0.39, 0.29) is 28.6 Å². The van der Waals surface area contributed by atoms with Gasteiger partial charge >= 0.3 is 12.1 Å². The zero-order chi connectivity index (χ0) is 28.0.